The first-order valence-corrected chi connectivity index (χ1v) is 7.32. The Labute approximate surface area is 120 Å². The molecule has 0 bridgehead atoms. The summed E-state index contributed by atoms with van der Waals surface area (Å²) in [5.41, 5.74) is 2.60. The molecule has 0 unspecified atom stereocenters. The van der Waals surface area contributed by atoms with E-state index in [1.54, 1.807) is 0 Å². The average Bonchev–Trinajstić information content (AvgIpc) is 2.80. The van der Waals surface area contributed by atoms with Gasteiger partial charge in [0.25, 0.3) is 0 Å². The monoisotopic (exact) mass is 270 g/mol. The number of H-pyrrole nitrogens is 1. The van der Waals surface area contributed by atoms with Crippen LogP contribution in [-0.2, 0) is 11.2 Å². The number of aromatic nitrogens is 1. The maximum Gasteiger partial charge on any atom is 0.0593 e. The van der Waals surface area contributed by atoms with Crippen molar-refractivity contribution in [3.63, 3.8) is 0 Å². The highest BCUT2D eigenvalue weighted by Gasteiger charge is 2.18. The fourth-order valence-corrected chi connectivity index (χ4v) is 2.99. The van der Waals surface area contributed by atoms with Gasteiger partial charge < -0.3 is 9.72 Å². The third-order valence-electron chi connectivity index (χ3n) is 3.95. The molecular weight excluding hydrogens is 248 g/mol. The van der Waals surface area contributed by atoms with Crippen molar-refractivity contribution in [2.75, 3.05) is 32.8 Å². The molecule has 1 saturated heterocycles. The van der Waals surface area contributed by atoms with Gasteiger partial charge in [-0.05, 0) is 41.5 Å². The van der Waals surface area contributed by atoms with E-state index in [2.05, 4.69) is 40.7 Å². The molecule has 0 radical (unpaired) electrons. The van der Waals surface area contributed by atoms with Crippen LogP contribution >= 0.6 is 0 Å². The molecule has 0 saturated carbocycles. The first-order chi connectivity index (χ1) is 9.85. The van der Waals surface area contributed by atoms with Crippen LogP contribution in [0.1, 0.15) is 5.56 Å². The number of fused-ring (bicyclic) bond motifs is 1. The highest BCUT2D eigenvalue weighted by Crippen LogP contribution is 2.19. The Balaban J connectivity index is 1.69. The van der Waals surface area contributed by atoms with Gasteiger partial charge in [0.1, 0.15) is 0 Å². The summed E-state index contributed by atoms with van der Waals surface area (Å²) in [6.07, 6.45) is 5.05. The summed E-state index contributed by atoms with van der Waals surface area (Å²) >= 11 is 0. The van der Waals surface area contributed by atoms with Crippen molar-refractivity contribution in [1.29, 1.82) is 0 Å². The molecule has 20 heavy (non-hydrogen) atoms. The number of hydrogen-bond donors (Lipinski definition) is 1. The van der Waals surface area contributed by atoms with Crippen LogP contribution in [0.2, 0.25) is 0 Å². The van der Waals surface area contributed by atoms with Gasteiger partial charge in [0.05, 0.1) is 13.2 Å². The fraction of sp³-hybridized carbons (Fsp3) is 0.412. The third-order valence-corrected chi connectivity index (χ3v) is 3.95. The largest absolute Gasteiger partial charge is 0.380 e. The number of ether oxygens (including phenoxy) is 1. The Kier molecular flexibility index (Phi) is 4.19. The first-order valence-electron chi connectivity index (χ1n) is 7.32. The van der Waals surface area contributed by atoms with Gasteiger partial charge in [-0.1, -0.05) is 12.1 Å². The molecule has 1 atom stereocenters. The zero-order chi connectivity index (χ0) is 13.8. The molecule has 106 valence electrons. The summed E-state index contributed by atoms with van der Waals surface area (Å²) in [6, 6.07) is 8.81. The van der Waals surface area contributed by atoms with E-state index in [1.807, 2.05) is 12.3 Å². The van der Waals surface area contributed by atoms with Crippen molar-refractivity contribution >= 4 is 10.9 Å². The normalized spacial score (nSPS) is 20.9. The Morgan fingerprint density at radius 2 is 2.35 bits per heavy atom. The molecule has 3 heteroatoms. The van der Waals surface area contributed by atoms with Crippen LogP contribution in [0.5, 0.6) is 0 Å². The number of nitrogens with one attached hydrogen (secondary N) is 1. The van der Waals surface area contributed by atoms with Crippen molar-refractivity contribution in [1.82, 2.24) is 9.88 Å². The van der Waals surface area contributed by atoms with Crippen molar-refractivity contribution < 1.29 is 4.74 Å². The lowest BCUT2D eigenvalue weighted by Gasteiger charge is -2.21. The summed E-state index contributed by atoms with van der Waals surface area (Å²) < 4.78 is 5.75. The minimum absolute atomic E-state index is 0.564. The maximum atomic E-state index is 5.75. The molecule has 1 aliphatic heterocycles. The fourth-order valence-electron chi connectivity index (χ4n) is 2.99. The molecular formula is C17H22N2O. The molecule has 1 aromatic carbocycles. The quantitative estimate of drug-likeness (QED) is 0.865. The molecule has 0 aliphatic carbocycles. The van der Waals surface area contributed by atoms with E-state index < -0.39 is 0 Å². The lowest BCUT2D eigenvalue weighted by Crippen LogP contribution is -2.31. The Hall–Kier alpha value is -1.58. The second-order valence-corrected chi connectivity index (χ2v) is 5.59. The molecule has 1 fully saturated rings. The van der Waals surface area contributed by atoms with Gasteiger partial charge >= 0.3 is 0 Å². The van der Waals surface area contributed by atoms with Gasteiger partial charge in [-0.2, -0.15) is 0 Å². The van der Waals surface area contributed by atoms with E-state index in [0.717, 1.165) is 39.3 Å². The predicted molar refractivity (Wildman–Crippen MR) is 82.9 cm³/mol. The predicted octanol–water partition coefficient (Wildman–Crippen LogP) is 2.84. The van der Waals surface area contributed by atoms with E-state index in [0.29, 0.717) is 5.92 Å². The summed E-state index contributed by atoms with van der Waals surface area (Å²) in [6.45, 7) is 8.59. The molecule has 0 amide bonds. The second kappa shape index (κ2) is 6.25. The number of aromatic amines is 1. The Bertz CT molecular complexity index is 575. The Morgan fingerprint density at radius 3 is 3.25 bits per heavy atom. The minimum Gasteiger partial charge on any atom is -0.380 e. The van der Waals surface area contributed by atoms with Gasteiger partial charge in [-0.15, -0.1) is 6.58 Å². The summed E-state index contributed by atoms with van der Waals surface area (Å²) in [4.78, 5) is 5.67. The summed E-state index contributed by atoms with van der Waals surface area (Å²) in [5.74, 6) is 0.564. The number of rotatable bonds is 4. The van der Waals surface area contributed by atoms with Crippen LogP contribution in [0, 0.1) is 5.92 Å². The smallest absolute Gasteiger partial charge is 0.0593 e. The zero-order valence-corrected chi connectivity index (χ0v) is 11.8. The zero-order valence-electron chi connectivity index (χ0n) is 11.8. The van der Waals surface area contributed by atoms with Gasteiger partial charge in [-0.25, -0.2) is 0 Å². The third kappa shape index (κ3) is 3.11. The average molecular weight is 270 g/mol. The second-order valence-electron chi connectivity index (χ2n) is 5.59. The molecule has 3 nitrogen and oxygen atoms in total. The summed E-state index contributed by atoms with van der Waals surface area (Å²) in [7, 11) is 0. The van der Waals surface area contributed by atoms with E-state index >= 15 is 0 Å². The SMILES string of the molecule is C=CCN1CCOC[C@H](Cc2ccc3[nH]ccc3c2)C1. The number of nitrogens with zero attached hydrogens (tertiary/aromatic N) is 1. The van der Waals surface area contributed by atoms with Crippen LogP contribution in [0.15, 0.2) is 43.1 Å². The lowest BCUT2D eigenvalue weighted by atomic mass is 9.98. The topological polar surface area (TPSA) is 28.3 Å². The van der Waals surface area contributed by atoms with Gasteiger partial charge in [0, 0.05) is 31.3 Å². The van der Waals surface area contributed by atoms with Crippen molar-refractivity contribution in [3.8, 4) is 0 Å². The maximum absolute atomic E-state index is 5.75. The van der Waals surface area contributed by atoms with Gasteiger partial charge in [-0.3, -0.25) is 4.90 Å². The van der Waals surface area contributed by atoms with Gasteiger partial charge in [0.2, 0.25) is 0 Å². The van der Waals surface area contributed by atoms with E-state index in [9.17, 15) is 0 Å². The van der Waals surface area contributed by atoms with Crippen LogP contribution in [0.3, 0.4) is 0 Å². The van der Waals surface area contributed by atoms with Crippen LogP contribution in [0.25, 0.3) is 10.9 Å². The lowest BCUT2D eigenvalue weighted by molar-refractivity contribution is 0.122. The van der Waals surface area contributed by atoms with Crippen LogP contribution in [-0.4, -0.2) is 42.7 Å². The van der Waals surface area contributed by atoms with Crippen molar-refractivity contribution in [2.45, 2.75) is 6.42 Å². The molecule has 2 aromatic rings. The molecule has 1 aromatic heterocycles. The number of hydrogen-bond acceptors (Lipinski definition) is 2. The molecule has 0 spiro atoms. The van der Waals surface area contributed by atoms with Crippen molar-refractivity contribution in [2.24, 2.45) is 5.92 Å². The highest BCUT2D eigenvalue weighted by atomic mass is 16.5. The first kappa shape index (κ1) is 13.4. The Morgan fingerprint density at radius 1 is 1.40 bits per heavy atom. The van der Waals surface area contributed by atoms with Gasteiger partial charge in [0.15, 0.2) is 0 Å². The van der Waals surface area contributed by atoms with Crippen molar-refractivity contribution in [3.05, 3.63) is 48.7 Å². The van der Waals surface area contributed by atoms with E-state index in [-0.39, 0.29) is 0 Å². The van der Waals surface area contributed by atoms with Crippen LogP contribution < -0.4 is 0 Å². The molecule has 1 aliphatic rings. The minimum atomic E-state index is 0.564. The summed E-state index contributed by atoms with van der Waals surface area (Å²) in [5, 5.41) is 1.29. The standard InChI is InChI=1S/C17H22N2O/c1-2-7-19-8-9-20-13-15(12-19)10-14-3-4-17-16(11-14)5-6-18-17/h2-6,11,15,18H,1,7-10,12-13H2/t15-/m1/s1. The molecule has 3 rings (SSSR count). The molecule has 1 N–H and O–H groups in total. The highest BCUT2D eigenvalue weighted by molar-refractivity contribution is 5.79. The van der Waals surface area contributed by atoms with E-state index in [1.165, 1.54) is 16.5 Å². The molecule has 2 heterocycles. The van der Waals surface area contributed by atoms with Crippen LogP contribution in [0.4, 0.5) is 0 Å². The number of benzene rings is 1. The van der Waals surface area contributed by atoms with E-state index in [4.69, 9.17) is 4.74 Å².